The lowest BCUT2D eigenvalue weighted by molar-refractivity contribution is -0.137. The summed E-state index contributed by atoms with van der Waals surface area (Å²) in [4.78, 5) is 53.4. The van der Waals surface area contributed by atoms with Gasteiger partial charge in [-0.05, 0) is 80.4 Å². The maximum absolute atomic E-state index is 13.9. The topological polar surface area (TPSA) is 153 Å². The Morgan fingerprint density at radius 3 is 2.49 bits per heavy atom. The number of nitrogens with zero attached hydrogens (tertiary/aromatic N) is 6. The molecule has 1 fully saturated rings. The van der Waals surface area contributed by atoms with E-state index < -0.39 is 29.2 Å². The average molecular weight is 642 g/mol. The molecule has 238 valence electrons. The number of hydrogen-bond donors (Lipinski definition) is 3. The second kappa shape index (κ2) is 12.4. The Balaban J connectivity index is 1.27. The van der Waals surface area contributed by atoms with Gasteiger partial charge in [0.2, 0.25) is 0 Å². The summed E-state index contributed by atoms with van der Waals surface area (Å²) in [5.41, 5.74) is 6.24. The third kappa shape index (κ3) is 6.67. The Morgan fingerprint density at radius 1 is 1.00 bits per heavy atom. The summed E-state index contributed by atoms with van der Waals surface area (Å²) >= 11 is 0. The van der Waals surface area contributed by atoms with Gasteiger partial charge < -0.3 is 16.4 Å². The van der Waals surface area contributed by atoms with Gasteiger partial charge in [-0.3, -0.25) is 19.1 Å². The summed E-state index contributed by atoms with van der Waals surface area (Å²) in [5, 5.41) is 5.07. The number of nitrogens with two attached hydrogens (primary N) is 1. The van der Waals surface area contributed by atoms with Crippen molar-refractivity contribution >= 4 is 40.3 Å². The van der Waals surface area contributed by atoms with Crippen LogP contribution in [0.15, 0.2) is 78.0 Å². The normalized spacial score (nSPS) is 12.9. The zero-order chi connectivity index (χ0) is 33.3. The number of fused-ring (bicyclic) bond motifs is 1. The number of aromatic nitrogens is 5. The molecule has 0 radical (unpaired) electrons. The fraction of sp³-hybridized carbons (Fsp3) is 0.188. The van der Waals surface area contributed by atoms with Crippen molar-refractivity contribution in [2.24, 2.45) is 0 Å². The lowest BCUT2D eigenvalue weighted by atomic mass is 10.2. The zero-order valence-electron chi connectivity index (χ0n) is 24.7. The quantitative estimate of drug-likeness (QED) is 0.227. The molecule has 6 rings (SSSR count). The minimum Gasteiger partial charge on any atom is -0.382 e. The Bertz CT molecular complexity index is 2130. The number of benzene rings is 2. The van der Waals surface area contributed by atoms with Crippen molar-refractivity contribution in [1.29, 1.82) is 0 Å². The fourth-order valence-corrected chi connectivity index (χ4v) is 4.92. The van der Waals surface area contributed by atoms with Crippen molar-refractivity contribution < 1.29 is 22.8 Å². The molecule has 1 saturated carbocycles. The van der Waals surface area contributed by atoms with Gasteiger partial charge in [0, 0.05) is 23.5 Å². The molecule has 0 aliphatic heterocycles. The van der Waals surface area contributed by atoms with E-state index >= 15 is 0 Å². The number of nitrogen functional groups attached to an aromatic ring is 1. The Labute approximate surface area is 265 Å². The second-order valence-electron chi connectivity index (χ2n) is 10.8. The van der Waals surface area contributed by atoms with Crippen LogP contribution in [-0.4, -0.2) is 60.4 Å². The number of hydrogen-bond acceptors (Lipinski definition) is 8. The van der Waals surface area contributed by atoms with E-state index in [0.717, 1.165) is 31.2 Å². The van der Waals surface area contributed by atoms with Gasteiger partial charge in [-0.15, -0.1) is 0 Å². The molecule has 47 heavy (non-hydrogen) atoms. The van der Waals surface area contributed by atoms with Gasteiger partial charge in [0.1, 0.15) is 17.7 Å². The number of alkyl halides is 3. The molecule has 0 saturated heterocycles. The predicted octanol–water partition coefficient (Wildman–Crippen LogP) is 3.86. The van der Waals surface area contributed by atoms with Crippen molar-refractivity contribution in [1.82, 2.24) is 29.0 Å². The molecular weight excluding hydrogens is 615 g/mol. The van der Waals surface area contributed by atoms with Crippen LogP contribution in [0.3, 0.4) is 0 Å². The van der Waals surface area contributed by atoms with Crippen LogP contribution in [0.2, 0.25) is 0 Å². The molecule has 12 nitrogen and oxygen atoms in total. The fourth-order valence-electron chi connectivity index (χ4n) is 4.92. The van der Waals surface area contributed by atoms with Crippen LogP contribution in [0.25, 0.3) is 22.5 Å². The van der Waals surface area contributed by atoms with Crippen molar-refractivity contribution in [3.8, 4) is 23.2 Å². The smallest absolute Gasteiger partial charge is 0.382 e. The number of carbonyl (C=O) groups excluding carboxylic acids is 2. The van der Waals surface area contributed by atoms with Gasteiger partial charge in [0.15, 0.2) is 11.5 Å². The summed E-state index contributed by atoms with van der Waals surface area (Å²) < 4.78 is 41.8. The summed E-state index contributed by atoms with van der Waals surface area (Å²) in [6, 6.07) is 14.4. The first kappa shape index (κ1) is 31.0. The maximum atomic E-state index is 13.9. The van der Waals surface area contributed by atoms with E-state index in [1.54, 1.807) is 24.3 Å². The Hall–Kier alpha value is -6.01. The highest BCUT2D eigenvalue weighted by atomic mass is 19.4. The minimum atomic E-state index is -4.60. The van der Waals surface area contributed by atoms with E-state index in [0.29, 0.717) is 29.6 Å². The molecule has 3 aromatic heterocycles. The molecular formula is C32H26F3N9O3. The number of pyridine rings is 1. The van der Waals surface area contributed by atoms with Crippen molar-refractivity contribution in [3.05, 3.63) is 94.8 Å². The summed E-state index contributed by atoms with van der Waals surface area (Å²) in [6.07, 6.45) is -0.165. The average Bonchev–Trinajstić information content (AvgIpc) is 3.84. The molecule has 4 N–H and O–H groups in total. The first-order valence-corrected chi connectivity index (χ1v) is 14.3. The number of anilines is 3. The first-order valence-electron chi connectivity index (χ1n) is 14.3. The van der Waals surface area contributed by atoms with Gasteiger partial charge in [-0.2, -0.15) is 13.2 Å². The van der Waals surface area contributed by atoms with E-state index in [-0.39, 0.29) is 28.4 Å². The van der Waals surface area contributed by atoms with Gasteiger partial charge in [0.25, 0.3) is 11.8 Å². The molecule has 2 aromatic carbocycles. The van der Waals surface area contributed by atoms with E-state index in [9.17, 15) is 27.6 Å². The second-order valence-corrected chi connectivity index (χ2v) is 10.8. The first-order chi connectivity index (χ1) is 22.5. The highest BCUT2D eigenvalue weighted by Crippen LogP contribution is 2.30. The van der Waals surface area contributed by atoms with Gasteiger partial charge >= 0.3 is 11.9 Å². The number of halogens is 3. The lowest BCUT2D eigenvalue weighted by Crippen LogP contribution is -2.22. The molecule has 15 heteroatoms. The van der Waals surface area contributed by atoms with Crippen molar-refractivity contribution in [2.75, 3.05) is 30.0 Å². The molecule has 3 heterocycles. The summed E-state index contributed by atoms with van der Waals surface area (Å²) in [6.45, 7) is 0.479. The number of imidazole rings is 1. The van der Waals surface area contributed by atoms with Crippen LogP contribution < -0.4 is 22.1 Å². The molecule has 0 atom stereocenters. The third-order valence-corrected chi connectivity index (χ3v) is 7.43. The SMILES string of the molecule is CN(CC#CC(=O)Nc1cccc(-n2c(=O)n(-c3ccc(C(=O)Nc4cc(C(F)(F)F)ccn4)cc3)c3c(N)ncnc32)c1)C1CC1. The van der Waals surface area contributed by atoms with Crippen LogP contribution in [0.5, 0.6) is 0 Å². The molecule has 0 spiro atoms. The molecule has 2 amide bonds. The Morgan fingerprint density at radius 2 is 1.77 bits per heavy atom. The van der Waals surface area contributed by atoms with Crippen molar-refractivity contribution in [3.63, 3.8) is 0 Å². The van der Waals surface area contributed by atoms with E-state index in [1.807, 2.05) is 7.05 Å². The number of rotatable bonds is 7. The third-order valence-electron chi connectivity index (χ3n) is 7.43. The lowest BCUT2D eigenvalue weighted by Gasteiger charge is -2.10. The Kier molecular flexibility index (Phi) is 8.18. The molecule has 0 bridgehead atoms. The maximum Gasteiger partial charge on any atom is 0.416 e. The minimum absolute atomic E-state index is 0.0131. The van der Waals surface area contributed by atoms with Crippen LogP contribution in [0, 0.1) is 11.8 Å². The van der Waals surface area contributed by atoms with Crippen LogP contribution >= 0.6 is 0 Å². The summed E-state index contributed by atoms with van der Waals surface area (Å²) in [5.74, 6) is 3.98. The van der Waals surface area contributed by atoms with E-state index in [4.69, 9.17) is 5.73 Å². The highest BCUT2D eigenvalue weighted by Gasteiger charge is 2.31. The number of carbonyl (C=O) groups is 2. The van der Waals surface area contributed by atoms with E-state index in [1.165, 1.54) is 39.7 Å². The molecule has 5 aromatic rings. The predicted molar refractivity (Wildman–Crippen MR) is 168 cm³/mol. The van der Waals surface area contributed by atoms with E-state index in [2.05, 4.69) is 42.3 Å². The largest absolute Gasteiger partial charge is 0.416 e. The summed E-state index contributed by atoms with van der Waals surface area (Å²) in [7, 11) is 1.96. The molecule has 0 unspecified atom stereocenters. The van der Waals surface area contributed by atoms with Crippen molar-refractivity contribution in [2.45, 2.75) is 25.1 Å². The van der Waals surface area contributed by atoms with Gasteiger partial charge in [0.05, 0.1) is 23.5 Å². The van der Waals surface area contributed by atoms with Gasteiger partial charge in [-0.25, -0.2) is 24.3 Å². The molecule has 1 aliphatic rings. The monoisotopic (exact) mass is 641 g/mol. The zero-order valence-corrected chi connectivity index (χ0v) is 24.7. The standard InChI is InChI=1S/C32H26F3N9O3/c1-42(22-11-12-22)15-3-6-26(45)40-21-4-2-5-24(17-21)44-29-27(28(36)38-18-39-29)43(31(44)47)23-9-7-19(8-10-23)30(46)41-25-16-20(13-14-37-25)32(33,34)35/h2,4-5,7-10,13-14,16-18,22H,11-12,15H2,1H3,(H,40,45)(H2,36,38,39)(H,37,41,46). The van der Waals surface area contributed by atoms with Crippen LogP contribution in [0.4, 0.5) is 30.5 Å². The highest BCUT2D eigenvalue weighted by molar-refractivity contribution is 6.04. The molecule has 1 aliphatic carbocycles. The van der Waals surface area contributed by atoms with Crippen LogP contribution in [-0.2, 0) is 11.0 Å². The number of nitrogens with one attached hydrogen (secondary N) is 2. The van der Waals surface area contributed by atoms with Crippen LogP contribution in [0.1, 0.15) is 28.8 Å². The van der Waals surface area contributed by atoms with Gasteiger partial charge in [-0.1, -0.05) is 12.0 Å². The number of amides is 2.